The highest BCUT2D eigenvalue weighted by atomic mass is 16.1. The summed E-state index contributed by atoms with van der Waals surface area (Å²) in [5, 5.41) is 0. The van der Waals surface area contributed by atoms with Gasteiger partial charge in [0.15, 0.2) is 5.78 Å². The molecule has 0 saturated carbocycles. The van der Waals surface area contributed by atoms with E-state index in [2.05, 4.69) is 0 Å². The highest BCUT2D eigenvalue weighted by Crippen LogP contribution is 2.20. The Bertz CT molecular complexity index is 744. The van der Waals surface area contributed by atoms with Crippen molar-refractivity contribution < 1.29 is 4.79 Å². The maximum atomic E-state index is 12.3. The predicted octanol–water partition coefficient (Wildman–Crippen LogP) is 3.38. The van der Waals surface area contributed by atoms with E-state index in [9.17, 15) is 4.79 Å². The molecule has 0 amide bonds. The molecule has 0 fully saturated rings. The number of rotatable bonds is 3. The van der Waals surface area contributed by atoms with Gasteiger partial charge in [0.25, 0.3) is 0 Å². The molecule has 0 aliphatic carbocycles. The monoisotopic (exact) mass is 268 g/mol. The summed E-state index contributed by atoms with van der Waals surface area (Å²) in [6, 6.07) is 24.6. The van der Waals surface area contributed by atoms with Crippen molar-refractivity contribution in [3.8, 4) is 11.1 Å². The van der Waals surface area contributed by atoms with Crippen LogP contribution in [0.5, 0.6) is 0 Å². The Balaban J connectivity index is 1.87. The summed E-state index contributed by atoms with van der Waals surface area (Å²) in [7, 11) is 5.69. The van der Waals surface area contributed by atoms with Crippen molar-refractivity contribution in [2.75, 3.05) is 0 Å². The quantitative estimate of drug-likeness (QED) is 0.525. The summed E-state index contributed by atoms with van der Waals surface area (Å²) in [5.74, 6) is 0.0412. The highest BCUT2D eigenvalue weighted by Gasteiger charge is 2.08. The number of ketones is 1. The van der Waals surface area contributed by atoms with E-state index in [4.69, 9.17) is 7.85 Å². The third-order valence-electron chi connectivity index (χ3n) is 3.43. The van der Waals surface area contributed by atoms with Gasteiger partial charge in [-0.15, -0.1) is 0 Å². The van der Waals surface area contributed by atoms with E-state index < -0.39 is 0 Å². The number of hydrogen-bond donors (Lipinski definition) is 0. The zero-order chi connectivity index (χ0) is 14.7. The summed E-state index contributed by atoms with van der Waals surface area (Å²) < 4.78 is 0. The first-order valence-corrected chi connectivity index (χ1v) is 6.80. The van der Waals surface area contributed by atoms with Gasteiger partial charge in [0.2, 0.25) is 0 Å². The normalized spacial score (nSPS) is 10.3. The highest BCUT2D eigenvalue weighted by molar-refractivity contribution is 6.32. The van der Waals surface area contributed by atoms with Gasteiger partial charge in [-0.1, -0.05) is 84.3 Å². The smallest absolute Gasteiger partial charge is 0.193 e. The largest absolute Gasteiger partial charge is 0.289 e. The van der Waals surface area contributed by atoms with Crippen LogP contribution in [-0.2, 0) is 0 Å². The van der Waals surface area contributed by atoms with Crippen molar-refractivity contribution in [3.05, 3.63) is 90.0 Å². The Labute approximate surface area is 125 Å². The van der Waals surface area contributed by atoms with Crippen LogP contribution in [-0.4, -0.2) is 13.6 Å². The zero-order valence-corrected chi connectivity index (χ0v) is 11.5. The maximum Gasteiger partial charge on any atom is 0.193 e. The summed E-state index contributed by atoms with van der Waals surface area (Å²) in [6.45, 7) is 0. The molecule has 0 aliphatic heterocycles. The molecular weight excluding hydrogens is 255 g/mol. The minimum atomic E-state index is 0.0412. The van der Waals surface area contributed by atoms with Crippen LogP contribution >= 0.6 is 0 Å². The van der Waals surface area contributed by atoms with E-state index in [1.807, 2.05) is 78.9 Å². The molecule has 0 heterocycles. The second-order valence-electron chi connectivity index (χ2n) is 4.89. The Kier molecular flexibility index (Phi) is 3.70. The van der Waals surface area contributed by atoms with Gasteiger partial charge in [-0.3, -0.25) is 4.79 Å². The summed E-state index contributed by atoms with van der Waals surface area (Å²) in [5.41, 5.74) is 4.30. The molecule has 0 unspecified atom stereocenters. The van der Waals surface area contributed by atoms with Gasteiger partial charge >= 0.3 is 0 Å². The van der Waals surface area contributed by atoms with Gasteiger partial charge in [-0.05, 0) is 11.1 Å². The summed E-state index contributed by atoms with van der Waals surface area (Å²) >= 11 is 0. The molecule has 0 spiro atoms. The van der Waals surface area contributed by atoms with Crippen LogP contribution in [0.1, 0.15) is 15.9 Å². The van der Waals surface area contributed by atoms with Crippen LogP contribution in [0.15, 0.2) is 78.9 Å². The van der Waals surface area contributed by atoms with Crippen molar-refractivity contribution in [2.45, 2.75) is 0 Å². The second kappa shape index (κ2) is 5.80. The van der Waals surface area contributed by atoms with E-state index in [0.717, 1.165) is 16.6 Å². The Morgan fingerprint density at radius 1 is 0.619 bits per heavy atom. The van der Waals surface area contributed by atoms with Crippen molar-refractivity contribution >= 4 is 19.1 Å². The third-order valence-corrected chi connectivity index (χ3v) is 3.43. The molecule has 3 rings (SSSR count). The number of carbonyl (C=O) groups excluding carboxylic acids is 1. The second-order valence-corrected chi connectivity index (χ2v) is 4.89. The van der Waals surface area contributed by atoms with E-state index in [1.165, 1.54) is 0 Å². The van der Waals surface area contributed by atoms with E-state index in [-0.39, 0.29) is 5.78 Å². The molecule has 98 valence electrons. The van der Waals surface area contributed by atoms with Crippen molar-refractivity contribution in [1.82, 2.24) is 0 Å². The van der Waals surface area contributed by atoms with Gasteiger partial charge in [-0.25, -0.2) is 0 Å². The lowest BCUT2D eigenvalue weighted by Gasteiger charge is -2.05. The summed E-state index contributed by atoms with van der Waals surface area (Å²) in [6.07, 6.45) is 0. The number of hydrogen-bond acceptors (Lipinski definition) is 1. The standard InChI is InChI=1S/C19H13BO/c20-18-12-10-15(11-13-18)14-6-8-17(9-7-14)19(21)16-4-2-1-3-5-16/h1-13H. The van der Waals surface area contributed by atoms with Gasteiger partial charge in [0, 0.05) is 11.1 Å². The lowest BCUT2D eigenvalue weighted by molar-refractivity contribution is 0.103. The van der Waals surface area contributed by atoms with Gasteiger partial charge < -0.3 is 0 Å². The maximum absolute atomic E-state index is 12.3. The van der Waals surface area contributed by atoms with Crippen LogP contribution in [0, 0.1) is 0 Å². The Hall–Kier alpha value is -2.61. The molecule has 0 N–H and O–H groups in total. The molecular formula is C19H13BO. The molecule has 21 heavy (non-hydrogen) atoms. The first-order chi connectivity index (χ1) is 10.2. The molecule has 0 aliphatic rings. The van der Waals surface area contributed by atoms with Gasteiger partial charge in [0.05, 0.1) is 0 Å². The van der Waals surface area contributed by atoms with Crippen LogP contribution in [0.3, 0.4) is 0 Å². The minimum absolute atomic E-state index is 0.0412. The first kappa shape index (κ1) is 13.4. The van der Waals surface area contributed by atoms with Crippen LogP contribution < -0.4 is 5.46 Å². The van der Waals surface area contributed by atoms with Crippen LogP contribution in [0.25, 0.3) is 11.1 Å². The minimum Gasteiger partial charge on any atom is -0.289 e. The first-order valence-electron chi connectivity index (χ1n) is 6.80. The molecule has 2 heteroatoms. The summed E-state index contributed by atoms with van der Waals surface area (Å²) in [4.78, 5) is 12.3. The van der Waals surface area contributed by atoms with Crippen molar-refractivity contribution in [2.24, 2.45) is 0 Å². The Morgan fingerprint density at radius 2 is 1.10 bits per heavy atom. The van der Waals surface area contributed by atoms with Crippen LogP contribution in [0.4, 0.5) is 0 Å². The average molecular weight is 268 g/mol. The molecule has 0 aromatic heterocycles. The molecule has 0 saturated heterocycles. The number of benzene rings is 3. The zero-order valence-electron chi connectivity index (χ0n) is 11.5. The Morgan fingerprint density at radius 3 is 1.67 bits per heavy atom. The van der Waals surface area contributed by atoms with Crippen molar-refractivity contribution in [1.29, 1.82) is 0 Å². The topological polar surface area (TPSA) is 17.1 Å². The van der Waals surface area contributed by atoms with E-state index >= 15 is 0 Å². The molecule has 3 aromatic carbocycles. The van der Waals surface area contributed by atoms with Crippen LogP contribution in [0.2, 0.25) is 0 Å². The van der Waals surface area contributed by atoms with Gasteiger partial charge in [0.1, 0.15) is 7.85 Å². The molecule has 1 nitrogen and oxygen atoms in total. The molecule has 2 radical (unpaired) electrons. The number of carbonyl (C=O) groups is 1. The fraction of sp³-hybridized carbons (Fsp3) is 0. The lowest BCUT2D eigenvalue weighted by atomic mass is 9.93. The third kappa shape index (κ3) is 2.95. The molecule has 0 atom stereocenters. The molecule has 0 bridgehead atoms. The van der Waals surface area contributed by atoms with Gasteiger partial charge in [-0.2, -0.15) is 0 Å². The SMILES string of the molecule is [B]c1ccc(-c2ccc(C(=O)c3ccccc3)cc2)cc1. The predicted molar refractivity (Wildman–Crippen MR) is 87.1 cm³/mol. The average Bonchev–Trinajstić information content (AvgIpc) is 2.56. The van der Waals surface area contributed by atoms with E-state index in [0.29, 0.717) is 11.1 Å². The lowest BCUT2D eigenvalue weighted by Crippen LogP contribution is -2.01. The molecule has 3 aromatic rings. The fourth-order valence-electron chi connectivity index (χ4n) is 2.25. The van der Waals surface area contributed by atoms with E-state index in [1.54, 1.807) is 0 Å². The van der Waals surface area contributed by atoms with Crippen molar-refractivity contribution in [3.63, 3.8) is 0 Å². The fourth-order valence-corrected chi connectivity index (χ4v) is 2.25.